The van der Waals surface area contributed by atoms with Gasteiger partial charge in [-0.2, -0.15) is 0 Å². The van der Waals surface area contributed by atoms with E-state index < -0.39 is 0 Å². The van der Waals surface area contributed by atoms with Gasteiger partial charge in [0.15, 0.2) is 0 Å². The predicted molar refractivity (Wildman–Crippen MR) is 70.4 cm³/mol. The zero-order valence-corrected chi connectivity index (χ0v) is 10.1. The monoisotopic (exact) mass is 240 g/mol. The molecule has 2 aromatic rings. The fourth-order valence-electron chi connectivity index (χ4n) is 1.52. The molecule has 2 rings (SSSR count). The fraction of sp³-hybridized carbons (Fsp3) is 0.133. The van der Waals surface area contributed by atoms with Crippen LogP contribution in [0.1, 0.15) is 12.5 Å². The average molecular weight is 240 g/mol. The largest absolute Gasteiger partial charge is 0.489 e. The number of carbonyl (C=O) groups excluding carboxylic acids is 1. The van der Waals surface area contributed by atoms with E-state index in [4.69, 9.17) is 4.74 Å². The molecule has 1 N–H and O–H groups in total. The van der Waals surface area contributed by atoms with Crippen LogP contribution in [-0.2, 0) is 11.4 Å². The van der Waals surface area contributed by atoms with Crippen LogP contribution in [0.2, 0.25) is 0 Å². The third-order valence-corrected chi connectivity index (χ3v) is 2.37. The first kappa shape index (κ1) is 12.2. The zero-order chi connectivity index (χ0) is 12.8. The second-order valence-electron chi connectivity index (χ2n) is 3.90. The molecule has 1 amide bonds. The summed E-state index contributed by atoms with van der Waals surface area (Å²) in [4.78, 5) is 10.9. The van der Waals surface area contributed by atoms with Crippen molar-refractivity contribution in [3.8, 4) is 5.75 Å². The lowest BCUT2D eigenvalue weighted by Crippen LogP contribution is -2.05. The van der Waals surface area contributed by atoms with E-state index in [0.29, 0.717) is 6.61 Å². The molecule has 0 aromatic heterocycles. The Kier molecular flexibility index (Phi) is 3.97. The summed E-state index contributed by atoms with van der Waals surface area (Å²) in [6, 6.07) is 17.9. The molecule has 0 heterocycles. The normalized spacial score (nSPS) is 9.83. The first-order chi connectivity index (χ1) is 8.74. The number of benzene rings is 2. The molecule has 0 spiro atoms. The van der Waals surface area contributed by atoms with E-state index in [1.54, 1.807) is 0 Å². The van der Waals surface area contributed by atoms with Crippen LogP contribution >= 0.6 is 0 Å². The maximum atomic E-state index is 10.9. The number of hydrogen-bond acceptors (Lipinski definition) is 2. The summed E-state index contributed by atoms with van der Waals surface area (Å²) < 4.78 is 5.61. The smallest absolute Gasteiger partial charge is 0.221 e. The van der Waals surface area contributed by atoms with Gasteiger partial charge in [-0.3, -0.25) is 4.79 Å². The molecular formula is C15H14NO2. The highest BCUT2D eigenvalue weighted by molar-refractivity contribution is 5.88. The SMILES string of the molecule is CC(=O)Nc1ccc(COc2cc[c]cc2)cc1. The topological polar surface area (TPSA) is 38.3 Å². The quantitative estimate of drug-likeness (QED) is 0.892. The number of nitrogens with one attached hydrogen (secondary N) is 1. The molecule has 0 saturated carbocycles. The molecule has 18 heavy (non-hydrogen) atoms. The number of carbonyl (C=O) groups is 1. The minimum atomic E-state index is -0.0699. The van der Waals surface area contributed by atoms with E-state index >= 15 is 0 Å². The number of amides is 1. The van der Waals surface area contributed by atoms with Crippen molar-refractivity contribution in [2.24, 2.45) is 0 Å². The highest BCUT2D eigenvalue weighted by Gasteiger charge is 1.97. The third kappa shape index (κ3) is 3.63. The van der Waals surface area contributed by atoms with E-state index in [2.05, 4.69) is 11.4 Å². The van der Waals surface area contributed by atoms with Crippen molar-refractivity contribution < 1.29 is 9.53 Å². The van der Waals surface area contributed by atoms with Gasteiger partial charge in [0.1, 0.15) is 12.4 Å². The third-order valence-electron chi connectivity index (χ3n) is 2.37. The second kappa shape index (κ2) is 5.87. The maximum absolute atomic E-state index is 10.9. The van der Waals surface area contributed by atoms with Gasteiger partial charge in [-0.25, -0.2) is 0 Å². The molecule has 0 bridgehead atoms. The molecule has 0 unspecified atom stereocenters. The van der Waals surface area contributed by atoms with E-state index in [1.807, 2.05) is 48.5 Å². The highest BCUT2D eigenvalue weighted by Crippen LogP contribution is 2.13. The van der Waals surface area contributed by atoms with Crippen molar-refractivity contribution in [2.75, 3.05) is 5.32 Å². The lowest BCUT2D eigenvalue weighted by molar-refractivity contribution is -0.114. The van der Waals surface area contributed by atoms with E-state index in [1.165, 1.54) is 6.92 Å². The summed E-state index contributed by atoms with van der Waals surface area (Å²) in [5.74, 6) is 0.749. The Labute approximate surface area is 106 Å². The van der Waals surface area contributed by atoms with Gasteiger partial charge in [0.2, 0.25) is 5.91 Å². The van der Waals surface area contributed by atoms with Gasteiger partial charge < -0.3 is 10.1 Å². The van der Waals surface area contributed by atoms with Crippen molar-refractivity contribution in [1.82, 2.24) is 0 Å². The maximum Gasteiger partial charge on any atom is 0.221 e. The van der Waals surface area contributed by atoms with Gasteiger partial charge in [0.05, 0.1) is 0 Å². The van der Waals surface area contributed by atoms with E-state index in [0.717, 1.165) is 17.0 Å². The molecule has 1 radical (unpaired) electrons. The first-order valence-electron chi connectivity index (χ1n) is 5.69. The number of ether oxygens (including phenoxy) is 1. The van der Waals surface area contributed by atoms with Crippen LogP contribution in [0.25, 0.3) is 0 Å². The molecule has 0 saturated heterocycles. The van der Waals surface area contributed by atoms with Crippen LogP contribution in [0.4, 0.5) is 5.69 Å². The van der Waals surface area contributed by atoms with Gasteiger partial charge in [-0.05, 0) is 35.9 Å². The Balaban J connectivity index is 1.92. The Morgan fingerprint density at radius 1 is 1.17 bits per heavy atom. The van der Waals surface area contributed by atoms with E-state index in [9.17, 15) is 4.79 Å². The van der Waals surface area contributed by atoms with Crippen molar-refractivity contribution in [3.05, 3.63) is 60.2 Å². The molecule has 91 valence electrons. The summed E-state index contributed by atoms with van der Waals surface area (Å²) in [6.45, 7) is 1.99. The Morgan fingerprint density at radius 2 is 1.83 bits per heavy atom. The summed E-state index contributed by atoms with van der Waals surface area (Å²) in [7, 11) is 0. The molecular weight excluding hydrogens is 226 g/mol. The van der Waals surface area contributed by atoms with Crippen molar-refractivity contribution >= 4 is 11.6 Å². The van der Waals surface area contributed by atoms with Crippen LogP contribution in [0.5, 0.6) is 5.75 Å². The summed E-state index contributed by atoms with van der Waals surface area (Å²) in [6.07, 6.45) is 0. The van der Waals surface area contributed by atoms with Crippen LogP contribution in [0.3, 0.4) is 0 Å². The summed E-state index contributed by atoms with van der Waals surface area (Å²) in [5.41, 5.74) is 1.84. The second-order valence-corrected chi connectivity index (χ2v) is 3.90. The predicted octanol–water partition coefficient (Wildman–Crippen LogP) is 3.02. The van der Waals surface area contributed by atoms with Crippen LogP contribution in [0, 0.1) is 6.07 Å². The standard InChI is InChI=1S/C15H14NO2/c1-12(17)16-14-9-7-13(8-10-14)11-18-15-5-3-2-4-6-15/h3-10H,11H2,1H3,(H,16,17). The number of rotatable bonds is 4. The molecule has 0 fully saturated rings. The summed E-state index contributed by atoms with van der Waals surface area (Å²) >= 11 is 0. The minimum Gasteiger partial charge on any atom is -0.489 e. The van der Waals surface area contributed by atoms with Gasteiger partial charge in [-0.1, -0.05) is 24.3 Å². The highest BCUT2D eigenvalue weighted by atomic mass is 16.5. The van der Waals surface area contributed by atoms with Crippen LogP contribution in [-0.4, -0.2) is 5.91 Å². The Morgan fingerprint density at radius 3 is 2.44 bits per heavy atom. The summed E-state index contributed by atoms with van der Waals surface area (Å²) in [5, 5.41) is 2.72. The average Bonchev–Trinajstić information content (AvgIpc) is 2.38. The van der Waals surface area contributed by atoms with Crippen LogP contribution < -0.4 is 10.1 Å². The molecule has 3 heteroatoms. The lowest BCUT2D eigenvalue weighted by Gasteiger charge is -2.07. The lowest BCUT2D eigenvalue weighted by atomic mass is 10.2. The molecule has 0 aliphatic carbocycles. The molecule has 0 aliphatic rings. The number of hydrogen-bond donors (Lipinski definition) is 1. The van der Waals surface area contributed by atoms with Gasteiger partial charge in [0.25, 0.3) is 0 Å². The minimum absolute atomic E-state index is 0.0699. The van der Waals surface area contributed by atoms with Gasteiger partial charge in [-0.15, -0.1) is 0 Å². The van der Waals surface area contributed by atoms with Crippen LogP contribution in [0.15, 0.2) is 48.5 Å². The molecule has 3 nitrogen and oxygen atoms in total. The first-order valence-corrected chi connectivity index (χ1v) is 5.69. The molecule has 0 aliphatic heterocycles. The number of anilines is 1. The van der Waals surface area contributed by atoms with E-state index in [-0.39, 0.29) is 5.91 Å². The van der Waals surface area contributed by atoms with Gasteiger partial charge in [0, 0.05) is 12.6 Å². The Hall–Kier alpha value is -2.29. The van der Waals surface area contributed by atoms with Crippen molar-refractivity contribution in [1.29, 1.82) is 0 Å². The fourth-order valence-corrected chi connectivity index (χ4v) is 1.52. The van der Waals surface area contributed by atoms with Crippen molar-refractivity contribution in [3.63, 3.8) is 0 Å². The molecule has 2 aromatic carbocycles. The Bertz CT molecular complexity index is 506. The molecule has 0 atom stereocenters. The van der Waals surface area contributed by atoms with Gasteiger partial charge >= 0.3 is 0 Å². The van der Waals surface area contributed by atoms with Crippen molar-refractivity contribution in [2.45, 2.75) is 13.5 Å². The zero-order valence-electron chi connectivity index (χ0n) is 10.1.